The molecule has 0 amide bonds. The Bertz CT molecular complexity index is 724. The molecule has 1 N–H and O–H groups in total. The van der Waals surface area contributed by atoms with Crippen LogP contribution in [-0.4, -0.2) is 21.1 Å². The Kier molecular flexibility index (Phi) is 3.89. The van der Waals surface area contributed by atoms with E-state index in [1.807, 2.05) is 42.6 Å². The number of fused-ring (bicyclic) bond motifs is 1. The zero-order valence-corrected chi connectivity index (χ0v) is 12.9. The third-order valence-electron chi connectivity index (χ3n) is 2.90. The van der Waals surface area contributed by atoms with Crippen LogP contribution >= 0.6 is 27.5 Å². The van der Waals surface area contributed by atoms with Gasteiger partial charge in [0.2, 0.25) is 5.95 Å². The molecule has 0 aliphatic heterocycles. The summed E-state index contributed by atoms with van der Waals surface area (Å²) in [5, 5.41) is 8.35. The Morgan fingerprint density at radius 1 is 1.15 bits per heavy atom. The molecule has 0 aliphatic rings. The lowest BCUT2D eigenvalue weighted by atomic mass is 10.1. The van der Waals surface area contributed by atoms with Crippen molar-refractivity contribution in [3.05, 3.63) is 57.7 Å². The highest BCUT2D eigenvalue weighted by molar-refractivity contribution is 9.10. The van der Waals surface area contributed by atoms with Crippen molar-refractivity contribution in [2.24, 2.45) is 0 Å². The third-order valence-corrected chi connectivity index (χ3v) is 3.63. The van der Waals surface area contributed by atoms with Crippen molar-refractivity contribution < 1.29 is 0 Å². The molecular formula is C14H12BrClN4. The van der Waals surface area contributed by atoms with Gasteiger partial charge in [-0.1, -0.05) is 23.7 Å². The van der Waals surface area contributed by atoms with Gasteiger partial charge in [0.1, 0.15) is 0 Å². The molecule has 2 heterocycles. The summed E-state index contributed by atoms with van der Waals surface area (Å²) in [4.78, 5) is 4.40. The average molecular weight is 352 g/mol. The van der Waals surface area contributed by atoms with Crippen LogP contribution in [0.1, 0.15) is 5.56 Å². The summed E-state index contributed by atoms with van der Waals surface area (Å²) in [5.74, 6) is 0.636. The van der Waals surface area contributed by atoms with Gasteiger partial charge < -0.3 is 5.32 Å². The Labute approximate surface area is 129 Å². The third kappa shape index (κ3) is 3.11. The van der Waals surface area contributed by atoms with Crippen molar-refractivity contribution >= 4 is 39.1 Å². The highest BCUT2D eigenvalue weighted by Gasteiger charge is 2.03. The molecule has 20 heavy (non-hydrogen) atoms. The average Bonchev–Trinajstić information content (AvgIpc) is 2.83. The fraction of sp³-hybridized carbons (Fsp3) is 0.143. The van der Waals surface area contributed by atoms with E-state index in [9.17, 15) is 0 Å². The second kappa shape index (κ2) is 5.81. The van der Waals surface area contributed by atoms with E-state index in [-0.39, 0.29) is 0 Å². The van der Waals surface area contributed by atoms with Crippen molar-refractivity contribution in [2.45, 2.75) is 6.42 Å². The second-order valence-corrected chi connectivity index (χ2v) is 5.74. The molecule has 4 nitrogen and oxygen atoms in total. The monoisotopic (exact) mass is 350 g/mol. The molecule has 0 aliphatic carbocycles. The summed E-state index contributed by atoms with van der Waals surface area (Å²) in [6.45, 7) is 0.777. The molecule has 6 heteroatoms. The molecule has 3 aromatic rings. The number of hydrogen-bond donors (Lipinski definition) is 1. The van der Waals surface area contributed by atoms with E-state index in [1.54, 1.807) is 4.52 Å². The summed E-state index contributed by atoms with van der Waals surface area (Å²) >= 11 is 9.27. The smallest absolute Gasteiger partial charge is 0.243 e. The van der Waals surface area contributed by atoms with Gasteiger partial charge in [-0.05, 0) is 52.2 Å². The molecule has 0 radical (unpaired) electrons. The topological polar surface area (TPSA) is 42.2 Å². The quantitative estimate of drug-likeness (QED) is 0.777. The molecule has 3 rings (SSSR count). The van der Waals surface area contributed by atoms with Gasteiger partial charge in [-0.2, -0.15) is 4.98 Å². The largest absolute Gasteiger partial charge is 0.353 e. The van der Waals surface area contributed by atoms with Crippen molar-refractivity contribution in [3.8, 4) is 0 Å². The maximum Gasteiger partial charge on any atom is 0.243 e. The number of rotatable bonds is 4. The van der Waals surface area contributed by atoms with Crippen LogP contribution in [0.15, 0.2) is 47.1 Å². The molecule has 0 saturated heterocycles. The van der Waals surface area contributed by atoms with Crippen LogP contribution in [0.5, 0.6) is 0 Å². The van der Waals surface area contributed by atoms with E-state index in [2.05, 4.69) is 31.3 Å². The molecule has 0 bridgehead atoms. The first-order valence-corrected chi connectivity index (χ1v) is 7.38. The van der Waals surface area contributed by atoms with Crippen LogP contribution < -0.4 is 5.32 Å². The van der Waals surface area contributed by atoms with Crippen LogP contribution in [0.2, 0.25) is 5.02 Å². The van der Waals surface area contributed by atoms with Crippen molar-refractivity contribution in [3.63, 3.8) is 0 Å². The van der Waals surface area contributed by atoms with E-state index in [4.69, 9.17) is 11.6 Å². The van der Waals surface area contributed by atoms with Gasteiger partial charge in [-0.25, -0.2) is 4.52 Å². The first-order valence-electron chi connectivity index (χ1n) is 6.21. The normalized spacial score (nSPS) is 10.9. The predicted octanol–water partition coefficient (Wildman–Crippen LogP) is 3.80. The van der Waals surface area contributed by atoms with Crippen molar-refractivity contribution in [2.75, 3.05) is 11.9 Å². The van der Waals surface area contributed by atoms with Crippen LogP contribution in [0, 0.1) is 0 Å². The first-order chi connectivity index (χ1) is 9.70. The Hall–Kier alpha value is -1.59. The lowest BCUT2D eigenvalue weighted by Gasteiger charge is -2.02. The minimum Gasteiger partial charge on any atom is -0.353 e. The van der Waals surface area contributed by atoms with E-state index in [0.717, 1.165) is 28.1 Å². The predicted molar refractivity (Wildman–Crippen MR) is 84.3 cm³/mol. The maximum atomic E-state index is 5.86. The van der Waals surface area contributed by atoms with Crippen LogP contribution in [0.25, 0.3) is 5.65 Å². The maximum absolute atomic E-state index is 5.86. The summed E-state index contributed by atoms with van der Waals surface area (Å²) in [5.41, 5.74) is 2.05. The fourth-order valence-corrected chi connectivity index (χ4v) is 2.35. The second-order valence-electron chi connectivity index (χ2n) is 4.39. The van der Waals surface area contributed by atoms with Gasteiger partial charge in [-0.15, -0.1) is 5.10 Å². The van der Waals surface area contributed by atoms with Crippen LogP contribution in [0.3, 0.4) is 0 Å². The molecule has 0 unspecified atom stereocenters. The highest BCUT2D eigenvalue weighted by Crippen LogP contribution is 2.13. The van der Waals surface area contributed by atoms with Gasteiger partial charge in [0.15, 0.2) is 5.65 Å². The zero-order valence-electron chi connectivity index (χ0n) is 10.6. The molecule has 0 atom stereocenters. The standard InChI is InChI=1S/C14H12BrClN4/c15-11-3-6-13-18-14(19-20(13)9-11)17-8-7-10-1-4-12(16)5-2-10/h1-6,9H,7-8H2,(H,17,19). The number of aromatic nitrogens is 3. The van der Waals surface area contributed by atoms with E-state index < -0.39 is 0 Å². The fourth-order valence-electron chi connectivity index (χ4n) is 1.90. The highest BCUT2D eigenvalue weighted by atomic mass is 79.9. The van der Waals surface area contributed by atoms with E-state index in [1.165, 1.54) is 5.56 Å². The zero-order chi connectivity index (χ0) is 13.9. The lowest BCUT2D eigenvalue weighted by Crippen LogP contribution is -2.06. The minimum absolute atomic E-state index is 0.636. The molecule has 1 aromatic carbocycles. The van der Waals surface area contributed by atoms with Gasteiger partial charge in [0.05, 0.1) is 0 Å². The summed E-state index contributed by atoms with van der Waals surface area (Å²) in [6.07, 6.45) is 2.78. The van der Waals surface area contributed by atoms with Crippen LogP contribution in [0.4, 0.5) is 5.95 Å². The molecule has 0 spiro atoms. The Morgan fingerprint density at radius 3 is 2.75 bits per heavy atom. The minimum atomic E-state index is 0.636. The number of nitrogens with zero attached hydrogens (tertiary/aromatic N) is 3. The lowest BCUT2D eigenvalue weighted by molar-refractivity contribution is 0.934. The summed E-state index contributed by atoms with van der Waals surface area (Å²) in [6, 6.07) is 11.7. The summed E-state index contributed by atoms with van der Waals surface area (Å²) < 4.78 is 2.72. The Balaban J connectivity index is 1.63. The van der Waals surface area contributed by atoms with E-state index in [0.29, 0.717) is 5.95 Å². The van der Waals surface area contributed by atoms with Crippen molar-refractivity contribution in [1.29, 1.82) is 0 Å². The number of pyridine rings is 1. The van der Waals surface area contributed by atoms with Crippen molar-refractivity contribution in [1.82, 2.24) is 14.6 Å². The van der Waals surface area contributed by atoms with Gasteiger partial charge >= 0.3 is 0 Å². The number of hydrogen-bond acceptors (Lipinski definition) is 3. The SMILES string of the molecule is Clc1ccc(CCNc2nc3ccc(Br)cn3n2)cc1. The number of benzene rings is 1. The molecule has 102 valence electrons. The number of halogens is 2. The number of nitrogens with one attached hydrogen (secondary N) is 1. The van der Waals surface area contributed by atoms with Gasteiger partial charge in [0.25, 0.3) is 0 Å². The van der Waals surface area contributed by atoms with Crippen LogP contribution in [-0.2, 0) is 6.42 Å². The van der Waals surface area contributed by atoms with E-state index >= 15 is 0 Å². The molecule has 2 aromatic heterocycles. The molecule has 0 saturated carbocycles. The molecule has 0 fully saturated rings. The van der Waals surface area contributed by atoms with Gasteiger partial charge in [0, 0.05) is 22.2 Å². The summed E-state index contributed by atoms with van der Waals surface area (Å²) in [7, 11) is 0. The first kappa shape index (κ1) is 13.4. The van der Waals surface area contributed by atoms with Gasteiger partial charge in [-0.3, -0.25) is 0 Å². The number of anilines is 1. The Morgan fingerprint density at radius 2 is 1.95 bits per heavy atom. The molecular weight excluding hydrogens is 340 g/mol.